The van der Waals surface area contributed by atoms with Crippen LogP contribution in [0.4, 0.5) is 0 Å². The summed E-state index contributed by atoms with van der Waals surface area (Å²) in [5, 5.41) is 3.40. The Morgan fingerprint density at radius 3 is 2.67 bits per heavy atom. The highest BCUT2D eigenvalue weighted by molar-refractivity contribution is 5.89. The van der Waals surface area contributed by atoms with Crippen LogP contribution in [0.5, 0.6) is 0 Å². The number of amidine groups is 1. The van der Waals surface area contributed by atoms with Gasteiger partial charge in [-0.3, -0.25) is 14.9 Å². The molecule has 1 fully saturated rings. The van der Waals surface area contributed by atoms with Gasteiger partial charge < -0.3 is 10.1 Å². The van der Waals surface area contributed by atoms with E-state index in [-0.39, 0.29) is 6.04 Å². The molecule has 2 aliphatic rings. The Morgan fingerprint density at radius 1 is 1.22 bits per heavy atom. The number of ether oxygens (including phenoxy) is 1. The second-order valence-corrected chi connectivity index (χ2v) is 4.53. The van der Waals surface area contributed by atoms with E-state index in [1.54, 1.807) is 0 Å². The molecule has 3 rings (SSSR count). The van der Waals surface area contributed by atoms with Crippen LogP contribution in [0.15, 0.2) is 29.5 Å². The Morgan fingerprint density at radius 2 is 2.00 bits per heavy atom. The number of hydrogen-bond acceptors (Lipinski definition) is 5. The minimum Gasteiger partial charge on any atom is -0.379 e. The maximum absolute atomic E-state index is 5.43. The van der Waals surface area contributed by atoms with Gasteiger partial charge in [0.25, 0.3) is 0 Å². The summed E-state index contributed by atoms with van der Waals surface area (Å²) in [4.78, 5) is 11.1. The summed E-state index contributed by atoms with van der Waals surface area (Å²) in [5.41, 5.74) is 1.25. The van der Waals surface area contributed by atoms with Crippen molar-refractivity contribution in [1.82, 2.24) is 15.2 Å². The molecule has 1 atom stereocenters. The number of morpholine rings is 1. The van der Waals surface area contributed by atoms with E-state index in [0.717, 1.165) is 45.2 Å². The lowest BCUT2D eigenvalue weighted by Crippen LogP contribution is -2.44. The monoisotopic (exact) mass is 246 g/mol. The van der Waals surface area contributed by atoms with Gasteiger partial charge in [-0.25, -0.2) is 0 Å². The molecule has 5 nitrogen and oxygen atoms in total. The maximum Gasteiger partial charge on any atom is 0.119 e. The van der Waals surface area contributed by atoms with Gasteiger partial charge in [0, 0.05) is 32.0 Å². The van der Waals surface area contributed by atoms with Gasteiger partial charge in [0.1, 0.15) is 5.84 Å². The van der Waals surface area contributed by atoms with Crippen LogP contribution in [-0.4, -0.2) is 55.1 Å². The normalized spacial score (nSPS) is 22.3. The van der Waals surface area contributed by atoms with Gasteiger partial charge in [-0.05, 0) is 17.7 Å². The van der Waals surface area contributed by atoms with Gasteiger partial charge in [-0.2, -0.15) is 0 Å². The van der Waals surface area contributed by atoms with Crippen LogP contribution in [0, 0.1) is 0 Å². The first-order valence-electron chi connectivity index (χ1n) is 6.45. The van der Waals surface area contributed by atoms with Crippen molar-refractivity contribution in [1.29, 1.82) is 0 Å². The first-order valence-corrected chi connectivity index (χ1v) is 6.45. The predicted octanol–water partition coefficient (Wildman–Crippen LogP) is 0.457. The van der Waals surface area contributed by atoms with Crippen LogP contribution in [0.3, 0.4) is 0 Å². The summed E-state index contributed by atoms with van der Waals surface area (Å²) in [6, 6.07) is 4.37. The first kappa shape index (κ1) is 11.6. The van der Waals surface area contributed by atoms with E-state index in [1.165, 1.54) is 5.56 Å². The van der Waals surface area contributed by atoms with E-state index in [4.69, 9.17) is 4.74 Å². The van der Waals surface area contributed by atoms with Crippen LogP contribution in [0.2, 0.25) is 0 Å². The van der Waals surface area contributed by atoms with Crippen molar-refractivity contribution in [2.45, 2.75) is 6.04 Å². The molecule has 18 heavy (non-hydrogen) atoms. The largest absolute Gasteiger partial charge is 0.379 e. The van der Waals surface area contributed by atoms with Crippen molar-refractivity contribution in [2.24, 2.45) is 4.99 Å². The van der Waals surface area contributed by atoms with Gasteiger partial charge in [0.2, 0.25) is 0 Å². The zero-order valence-corrected chi connectivity index (χ0v) is 10.4. The van der Waals surface area contributed by atoms with E-state index >= 15 is 0 Å². The number of rotatable bonds is 3. The van der Waals surface area contributed by atoms with Gasteiger partial charge >= 0.3 is 0 Å². The molecule has 1 N–H and O–H groups in total. The molecule has 0 aliphatic carbocycles. The molecule has 1 saturated heterocycles. The minimum absolute atomic E-state index is 0.222. The average molecular weight is 246 g/mol. The van der Waals surface area contributed by atoms with Gasteiger partial charge in [0.15, 0.2) is 0 Å². The Labute approximate surface area is 107 Å². The number of aliphatic imine (C=N–C) groups is 1. The molecule has 1 aromatic rings. The Hall–Kier alpha value is -1.46. The summed E-state index contributed by atoms with van der Waals surface area (Å²) in [7, 11) is 0. The Kier molecular flexibility index (Phi) is 3.52. The number of aromatic nitrogens is 1. The molecule has 0 amide bonds. The van der Waals surface area contributed by atoms with Gasteiger partial charge in [0.05, 0.1) is 25.8 Å². The van der Waals surface area contributed by atoms with E-state index in [9.17, 15) is 0 Å². The highest BCUT2D eigenvalue weighted by Gasteiger charge is 2.28. The third-order valence-electron chi connectivity index (χ3n) is 3.39. The second kappa shape index (κ2) is 5.46. The summed E-state index contributed by atoms with van der Waals surface area (Å²) in [6.45, 7) is 5.33. The zero-order chi connectivity index (χ0) is 12.2. The topological polar surface area (TPSA) is 49.8 Å². The Bertz CT molecular complexity index is 414. The minimum atomic E-state index is 0.222. The molecule has 1 unspecified atom stereocenters. The third-order valence-corrected chi connectivity index (χ3v) is 3.39. The van der Waals surface area contributed by atoms with Crippen molar-refractivity contribution < 1.29 is 4.74 Å². The molecule has 1 aromatic heterocycles. The highest BCUT2D eigenvalue weighted by atomic mass is 16.5. The molecule has 0 spiro atoms. The van der Waals surface area contributed by atoms with Crippen molar-refractivity contribution in [3.63, 3.8) is 0 Å². The lowest BCUT2D eigenvalue weighted by molar-refractivity contribution is 0.0282. The molecule has 96 valence electrons. The maximum atomic E-state index is 5.43. The molecular formula is C13H18N4O. The molecule has 0 saturated carbocycles. The summed E-state index contributed by atoms with van der Waals surface area (Å²) >= 11 is 0. The second-order valence-electron chi connectivity index (χ2n) is 4.53. The van der Waals surface area contributed by atoms with Crippen LogP contribution in [0.1, 0.15) is 11.6 Å². The molecular weight excluding hydrogens is 228 g/mol. The fourth-order valence-corrected chi connectivity index (χ4v) is 2.52. The quantitative estimate of drug-likeness (QED) is 0.841. The van der Waals surface area contributed by atoms with Gasteiger partial charge in [-0.1, -0.05) is 0 Å². The van der Waals surface area contributed by atoms with Gasteiger partial charge in [-0.15, -0.1) is 0 Å². The summed E-state index contributed by atoms with van der Waals surface area (Å²) in [5.74, 6) is 1.09. The van der Waals surface area contributed by atoms with Crippen LogP contribution in [-0.2, 0) is 4.74 Å². The smallest absolute Gasteiger partial charge is 0.119 e. The number of hydrogen-bond donors (Lipinski definition) is 1. The molecule has 0 aromatic carbocycles. The third kappa shape index (κ3) is 2.37. The fraction of sp³-hybridized carbons (Fsp3) is 0.538. The van der Waals surface area contributed by atoms with E-state index in [2.05, 4.69) is 32.3 Å². The first-order chi connectivity index (χ1) is 8.95. The van der Waals surface area contributed by atoms with E-state index in [1.807, 2.05) is 12.4 Å². The number of pyridine rings is 1. The summed E-state index contributed by atoms with van der Waals surface area (Å²) in [6.07, 6.45) is 3.69. The SMILES string of the molecule is c1cc(C(C2=NCCN2)N2CCOCC2)ccn1. The zero-order valence-electron chi connectivity index (χ0n) is 10.4. The van der Waals surface area contributed by atoms with Crippen molar-refractivity contribution in [3.05, 3.63) is 30.1 Å². The number of nitrogens with one attached hydrogen (secondary N) is 1. The van der Waals surface area contributed by atoms with E-state index in [0.29, 0.717) is 0 Å². The molecule has 5 heteroatoms. The number of nitrogens with zero attached hydrogens (tertiary/aromatic N) is 3. The molecule has 0 bridgehead atoms. The molecule has 2 aliphatic heterocycles. The van der Waals surface area contributed by atoms with Crippen molar-refractivity contribution in [3.8, 4) is 0 Å². The van der Waals surface area contributed by atoms with E-state index < -0.39 is 0 Å². The molecule has 0 radical (unpaired) electrons. The van der Waals surface area contributed by atoms with Crippen LogP contribution in [0.25, 0.3) is 0 Å². The summed E-state index contributed by atoms with van der Waals surface area (Å²) < 4.78 is 5.43. The molecule has 3 heterocycles. The average Bonchev–Trinajstić information content (AvgIpc) is 2.95. The lowest BCUT2D eigenvalue weighted by atomic mass is 10.1. The highest BCUT2D eigenvalue weighted by Crippen LogP contribution is 2.23. The van der Waals surface area contributed by atoms with Crippen molar-refractivity contribution in [2.75, 3.05) is 39.4 Å². The fourth-order valence-electron chi connectivity index (χ4n) is 2.52. The standard InChI is InChI=1S/C13H18N4O/c1-3-14-4-2-11(1)12(13-15-5-6-16-13)17-7-9-18-10-8-17/h1-4,12H,5-10H2,(H,15,16). The van der Waals surface area contributed by atoms with Crippen LogP contribution >= 0.6 is 0 Å². The van der Waals surface area contributed by atoms with Crippen molar-refractivity contribution >= 4 is 5.84 Å². The Balaban J connectivity index is 1.87. The lowest BCUT2D eigenvalue weighted by Gasteiger charge is -2.34. The van der Waals surface area contributed by atoms with Crippen LogP contribution < -0.4 is 5.32 Å². The predicted molar refractivity (Wildman–Crippen MR) is 69.7 cm³/mol.